The summed E-state index contributed by atoms with van der Waals surface area (Å²) in [7, 11) is 0. The van der Waals surface area contributed by atoms with Crippen LogP contribution in [0.2, 0.25) is 0 Å². The van der Waals surface area contributed by atoms with Crippen molar-refractivity contribution >= 4 is 34.6 Å². The minimum Gasteiger partial charge on any atom is -0.481 e. The van der Waals surface area contributed by atoms with Gasteiger partial charge in [0.1, 0.15) is 10.7 Å². The number of amides is 1. The number of thiophene rings is 1. The normalized spacial score (nSPS) is 16.9. The van der Waals surface area contributed by atoms with Crippen LogP contribution >= 0.6 is 22.7 Å². The van der Waals surface area contributed by atoms with Crippen molar-refractivity contribution in [1.82, 2.24) is 10.3 Å². The molecule has 122 valence electrons. The van der Waals surface area contributed by atoms with Gasteiger partial charge in [-0.05, 0) is 24.3 Å². The van der Waals surface area contributed by atoms with Crippen LogP contribution in [0.1, 0.15) is 29.8 Å². The van der Waals surface area contributed by atoms with Crippen LogP contribution in [0.25, 0.3) is 9.88 Å². The molecule has 3 rings (SSSR count). The molecule has 3 heterocycles. The zero-order valence-electron chi connectivity index (χ0n) is 12.3. The third-order valence-electron chi connectivity index (χ3n) is 3.79. The fraction of sp³-hybridized carbons (Fsp3) is 0.400. The number of hydrogen-bond acceptors (Lipinski definition) is 6. The highest BCUT2D eigenvalue weighted by atomic mass is 32.1. The van der Waals surface area contributed by atoms with E-state index in [4.69, 9.17) is 9.84 Å². The third kappa shape index (κ3) is 3.77. The Morgan fingerprint density at radius 3 is 2.78 bits per heavy atom. The van der Waals surface area contributed by atoms with E-state index in [1.807, 2.05) is 17.5 Å². The molecule has 0 spiro atoms. The summed E-state index contributed by atoms with van der Waals surface area (Å²) >= 11 is 2.97. The van der Waals surface area contributed by atoms with E-state index in [1.54, 1.807) is 16.7 Å². The second-order valence-electron chi connectivity index (χ2n) is 5.43. The number of aliphatic carboxylic acids is 1. The molecule has 23 heavy (non-hydrogen) atoms. The van der Waals surface area contributed by atoms with Gasteiger partial charge in [-0.25, -0.2) is 4.98 Å². The number of rotatable bonds is 5. The van der Waals surface area contributed by atoms with Crippen LogP contribution in [-0.2, 0) is 9.53 Å². The standard InChI is InChI=1S/C15H16N2O4S2/c18-12(19)8-15(3-5-21-6-4-15)17-13(20)10-9-23-14(16-10)11-2-1-7-22-11/h1-2,7,9H,3-6,8H2,(H,17,20)(H,18,19). The Balaban J connectivity index is 1.75. The van der Waals surface area contributed by atoms with Gasteiger partial charge >= 0.3 is 5.97 Å². The summed E-state index contributed by atoms with van der Waals surface area (Å²) in [6.45, 7) is 0.899. The number of carboxylic acid groups (broad SMARTS) is 1. The molecule has 1 aliphatic heterocycles. The zero-order valence-corrected chi connectivity index (χ0v) is 13.9. The molecular formula is C15H16N2O4S2. The number of carbonyl (C=O) groups excluding carboxylic acids is 1. The lowest BCUT2D eigenvalue weighted by Gasteiger charge is -2.36. The van der Waals surface area contributed by atoms with E-state index >= 15 is 0 Å². The lowest BCUT2D eigenvalue weighted by Crippen LogP contribution is -2.53. The van der Waals surface area contributed by atoms with Crippen LogP contribution < -0.4 is 5.32 Å². The van der Waals surface area contributed by atoms with Crippen molar-refractivity contribution in [3.63, 3.8) is 0 Å². The van der Waals surface area contributed by atoms with Crippen molar-refractivity contribution in [2.75, 3.05) is 13.2 Å². The van der Waals surface area contributed by atoms with Crippen molar-refractivity contribution in [3.05, 3.63) is 28.6 Å². The first-order valence-electron chi connectivity index (χ1n) is 7.19. The van der Waals surface area contributed by atoms with Crippen LogP contribution in [0.4, 0.5) is 0 Å². The van der Waals surface area contributed by atoms with Gasteiger partial charge in [-0.3, -0.25) is 9.59 Å². The SMILES string of the molecule is O=C(O)CC1(NC(=O)c2csc(-c3cccs3)n2)CCOCC1. The first kappa shape index (κ1) is 16.1. The van der Waals surface area contributed by atoms with E-state index in [2.05, 4.69) is 10.3 Å². The molecular weight excluding hydrogens is 336 g/mol. The van der Waals surface area contributed by atoms with Crippen LogP contribution in [0.5, 0.6) is 0 Å². The van der Waals surface area contributed by atoms with Gasteiger partial charge in [0.25, 0.3) is 5.91 Å². The van der Waals surface area contributed by atoms with Crippen molar-refractivity contribution in [2.24, 2.45) is 0 Å². The number of nitrogens with one attached hydrogen (secondary N) is 1. The summed E-state index contributed by atoms with van der Waals surface area (Å²) in [5, 5.41) is 16.5. The summed E-state index contributed by atoms with van der Waals surface area (Å²) in [5.41, 5.74) is -0.428. The van der Waals surface area contributed by atoms with Crippen molar-refractivity contribution < 1.29 is 19.4 Å². The molecule has 0 radical (unpaired) electrons. The summed E-state index contributed by atoms with van der Waals surface area (Å²) in [5.74, 6) is -1.25. The van der Waals surface area contributed by atoms with Crippen molar-refractivity contribution in [1.29, 1.82) is 0 Å². The minimum absolute atomic E-state index is 0.107. The molecule has 0 aliphatic carbocycles. The van der Waals surface area contributed by atoms with Crippen molar-refractivity contribution in [2.45, 2.75) is 24.8 Å². The Morgan fingerprint density at radius 1 is 1.35 bits per heavy atom. The summed E-state index contributed by atoms with van der Waals surface area (Å²) in [6, 6.07) is 3.89. The topological polar surface area (TPSA) is 88.5 Å². The number of hydrogen-bond donors (Lipinski definition) is 2. The molecule has 8 heteroatoms. The smallest absolute Gasteiger partial charge is 0.305 e. The van der Waals surface area contributed by atoms with E-state index in [-0.39, 0.29) is 12.3 Å². The van der Waals surface area contributed by atoms with Crippen LogP contribution in [-0.4, -0.2) is 40.7 Å². The summed E-state index contributed by atoms with van der Waals surface area (Å²) in [4.78, 5) is 29.0. The molecule has 2 N–H and O–H groups in total. The van der Waals surface area contributed by atoms with E-state index in [0.717, 1.165) is 9.88 Å². The van der Waals surface area contributed by atoms with Crippen LogP contribution in [0, 0.1) is 0 Å². The van der Waals surface area contributed by atoms with Gasteiger partial charge in [-0.15, -0.1) is 22.7 Å². The lowest BCUT2D eigenvalue weighted by atomic mass is 9.86. The molecule has 6 nitrogen and oxygen atoms in total. The molecule has 0 atom stereocenters. The molecule has 0 bridgehead atoms. The number of nitrogens with zero attached hydrogens (tertiary/aromatic N) is 1. The Bertz CT molecular complexity index is 690. The number of carboxylic acids is 1. The van der Waals surface area contributed by atoms with E-state index < -0.39 is 11.5 Å². The second-order valence-corrected chi connectivity index (χ2v) is 7.24. The predicted octanol–water partition coefficient (Wildman–Crippen LogP) is 2.63. The molecule has 2 aromatic heterocycles. The maximum atomic E-state index is 12.5. The number of ether oxygens (including phenoxy) is 1. The van der Waals surface area contributed by atoms with Gasteiger partial charge in [-0.1, -0.05) is 6.07 Å². The quantitative estimate of drug-likeness (QED) is 0.863. The monoisotopic (exact) mass is 352 g/mol. The van der Waals surface area contributed by atoms with E-state index in [1.165, 1.54) is 11.3 Å². The van der Waals surface area contributed by atoms with Gasteiger partial charge in [0.05, 0.1) is 16.8 Å². The van der Waals surface area contributed by atoms with E-state index in [9.17, 15) is 9.59 Å². The lowest BCUT2D eigenvalue weighted by molar-refractivity contribution is -0.139. The van der Waals surface area contributed by atoms with Crippen molar-refractivity contribution in [3.8, 4) is 9.88 Å². The first-order chi connectivity index (χ1) is 11.1. The molecule has 0 unspecified atom stereocenters. The van der Waals surface area contributed by atoms with Crippen LogP contribution in [0.3, 0.4) is 0 Å². The largest absolute Gasteiger partial charge is 0.481 e. The highest BCUT2D eigenvalue weighted by Gasteiger charge is 2.37. The van der Waals surface area contributed by atoms with Gasteiger partial charge in [0.15, 0.2) is 0 Å². The number of carbonyl (C=O) groups is 2. The Labute approximate surface area is 141 Å². The average molecular weight is 352 g/mol. The van der Waals surface area contributed by atoms with Crippen LogP contribution in [0.15, 0.2) is 22.9 Å². The molecule has 1 fully saturated rings. The number of thiazole rings is 1. The zero-order chi connectivity index (χ0) is 16.3. The van der Waals surface area contributed by atoms with E-state index in [0.29, 0.717) is 31.7 Å². The van der Waals surface area contributed by atoms with Gasteiger partial charge in [0, 0.05) is 18.6 Å². The molecule has 0 saturated carbocycles. The van der Waals surface area contributed by atoms with Gasteiger partial charge in [-0.2, -0.15) is 0 Å². The minimum atomic E-state index is -0.926. The molecule has 1 amide bonds. The van der Waals surface area contributed by atoms with Gasteiger partial charge in [0.2, 0.25) is 0 Å². The molecule has 1 saturated heterocycles. The fourth-order valence-corrected chi connectivity index (χ4v) is 4.21. The first-order valence-corrected chi connectivity index (χ1v) is 8.95. The molecule has 1 aliphatic rings. The summed E-state index contributed by atoms with van der Waals surface area (Å²) in [6.07, 6.45) is 0.879. The highest BCUT2D eigenvalue weighted by Crippen LogP contribution is 2.29. The maximum Gasteiger partial charge on any atom is 0.305 e. The third-order valence-corrected chi connectivity index (χ3v) is 5.67. The fourth-order valence-electron chi connectivity index (χ4n) is 2.59. The maximum absolute atomic E-state index is 12.5. The Morgan fingerprint density at radius 2 is 2.13 bits per heavy atom. The molecule has 2 aromatic rings. The Hall–Kier alpha value is -1.77. The Kier molecular flexibility index (Phi) is 4.74. The highest BCUT2D eigenvalue weighted by molar-refractivity contribution is 7.20. The molecule has 0 aromatic carbocycles. The second kappa shape index (κ2) is 6.77. The number of aromatic nitrogens is 1. The average Bonchev–Trinajstić information content (AvgIpc) is 3.18. The predicted molar refractivity (Wildman–Crippen MR) is 87.9 cm³/mol. The summed E-state index contributed by atoms with van der Waals surface area (Å²) < 4.78 is 5.29. The van der Waals surface area contributed by atoms with Gasteiger partial charge < -0.3 is 15.2 Å².